The largest absolute Gasteiger partial charge is 0.299 e. The van der Waals surface area contributed by atoms with E-state index in [0.29, 0.717) is 10.7 Å². The highest BCUT2D eigenvalue weighted by Crippen LogP contribution is 2.14. The Kier molecular flexibility index (Phi) is 6.44. The summed E-state index contributed by atoms with van der Waals surface area (Å²) in [5.41, 5.74) is 6.70. The molecule has 0 aromatic heterocycles. The topological polar surface area (TPSA) is 96.3 Å². The molecule has 2 aromatic carbocycles. The van der Waals surface area contributed by atoms with E-state index in [1.54, 1.807) is 30.3 Å². The Morgan fingerprint density at radius 2 is 1.76 bits per heavy atom. The minimum atomic E-state index is -0.491. The van der Waals surface area contributed by atoms with Crippen LogP contribution in [0.3, 0.4) is 0 Å². The van der Waals surface area contributed by atoms with Gasteiger partial charge in [0.2, 0.25) is 5.91 Å². The Bertz CT molecular complexity index is 807. The van der Waals surface area contributed by atoms with Crippen molar-refractivity contribution in [1.82, 2.24) is 10.7 Å². The number of nitro groups is 1. The molecule has 0 radical (unpaired) electrons. The summed E-state index contributed by atoms with van der Waals surface area (Å²) in [7, 11) is 0. The molecule has 25 heavy (non-hydrogen) atoms. The fraction of sp³-hybridized carbons (Fsp3) is 0. The maximum absolute atomic E-state index is 11.8. The molecule has 0 spiro atoms. The summed E-state index contributed by atoms with van der Waals surface area (Å²) in [4.78, 5) is 21.8. The lowest BCUT2D eigenvalue weighted by Crippen LogP contribution is -2.41. The Hall–Kier alpha value is -2.97. The van der Waals surface area contributed by atoms with Gasteiger partial charge in [-0.25, -0.2) is 0 Å². The first kappa shape index (κ1) is 18.4. The number of non-ortho nitro benzene ring substituents is 1. The summed E-state index contributed by atoms with van der Waals surface area (Å²) in [6, 6.07) is 12.7. The summed E-state index contributed by atoms with van der Waals surface area (Å²) >= 11 is 10.8. The minimum absolute atomic E-state index is 0.0197. The van der Waals surface area contributed by atoms with Crippen LogP contribution < -0.4 is 16.2 Å². The molecule has 0 bridgehead atoms. The zero-order valence-electron chi connectivity index (χ0n) is 12.7. The van der Waals surface area contributed by atoms with E-state index in [4.69, 9.17) is 23.8 Å². The van der Waals surface area contributed by atoms with E-state index in [2.05, 4.69) is 16.2 Å². The number of hydrogen-bond acceptors (Lipinski definition) is 5. The zero-order chi connectivity index (χ0) is 18.2. The summed E-state index contributed by atoms with van der Waals surface area (Å²) < 4.78 is 0. The van der Waals surface area contributed by atoms with Crippen molar-refractivity contribution in [2.45, 2.75) is 0 Å². The second kappa shape index (κ2) is 8.76. The highest BCUT2D eigenvalue weighted by atomic mass is 35.5. The van der Waals surface area contributed by atoms with Crippen molar-refractivity contribution >= 4 is 52.3 Å². The first-order chi connectivity index (χ1) is 11.9. The normalized spacial score (nSPS) is 10.3. The maximum atomic E-state index is 11.8. The van der Waals surface area contributed by atoms with Crippen LogP contribution in [0.15, 0.2) is 54.6 Å². The quantitative estimate of drug-likeness (QED) is 0.321. The highest BCUT2D eigenvalue weighted by molar-refractivity contribution is 7.80. The number of carbonyl (C=O) groups excluding carboxylic acids is 1. The molecule has 2 rings (SSSR count). The summed E-state index contributed by atoms with van der Waals surface area (Å²) in [6.07, 6.45) is 2.96. The third-order valence-corrected chi connectivity index (χ3v) is 3.39. The van der Waals surface area contributed by atoms with Crippen molar-refractivity contribution in [2.24, 2.45) is 0 Å². The van der Waals surface area contributed by atoms with E-state index in [-0.39, 0.29) is 10.8 Å². The maximum Gasteiger partial charge on any atom is 0.269 e. The van der Waals surface area contributed by atoms with Crippen LogP contribution in [0.1, 0.15) is 5.56 Å². The van der Waals surface area contributed by atoms with Crippen molar-refractivity contribution in [3.63, 3.8) is 0 Å². The molecule has 0 aliphatic carbocycles. The third kappa shape index (κ3) is 6.21. The van der Waals surface area contributed by atoms with Crippen molar-refractivity contribution in [3.05, 3.63) is 75.3 Å². The number of benzene rings is 2. The van der Waals surface area contributed by atoms with Crippen molar-refractivity contribution in [1.29, 1.82) is 0 Å². The molecule has 0 heterocycles. The fourth-order valence-corrected chi connectivity index (χ4v) is 2.00. The van der Waals surface area contributed by atoms with Crippen LogP contribution in [0.25, 0.3) is 6.08 Å². The van der Waals surface area contributed by atoms with E-state index >= 15 is 0 Å². The Morgan fingerprint density at radius 1 is 1.12 bits per heavy atom. The van der Waals surface area contributed by atoms with Crippen LogP contribution in [-0.4, -0.2) is 15.9 Å². The molecule has 0 saturated carbocycles. The molecule has 0 aliphatic heterocycles. The molecule has 0 saturated heterocycles. The van der Waals surface area contributed by atoms with Gasteiger partial charge < -0.3 is 0 Å². The van der Waals surface area contributed by atoms with Gasteiger partial charge in [0.25, 0.3) is 5.69 Å². The number of carbonyl (C=O) groups is 1. The lowest BCUT2D eigenvalue weighted by atomic mass is 10.2. The number of thiocarbonyl (C=S) groups is 1. The summed E-state index contributed by atoms with van der Waals surface area (Å²) in [5, 5.41) is 13.7. The number of hydrazine groups is 1. The number of halogens is 1. The standard InChI is InChI=1S/C16H13ClN4O3S/c17-12-4-1-11(2-5-12)3-10-15(22)18-16(25)20-19-13-6-8-14(9-7-13)21(23)24/h1-10,19H,(H2,18,20,22,25)/b10-3+. The summed E-state index contributed by atoms with van der Waals surface area (Å²) in [5.74, 6) is -0.405. The lowest BCUT2D eigenvalue weighted by Gasteiger charge is -2.10. The predicted octanol–water partition coefficient (Wildman–Crippen LogP) is 3.28. The average molecular weight is 377 g/mol. The zero-order valence-corrected chi connectivity index (χ0v) is 14.3. The summed E-state index contributed by atoms with van der Waals surface area (Å²) in [6.45, 7) is 0. The number of rotatable bonds is 5. The number of nitrogens with one attached hydrogen (secondary N) is 3. The molecule has 0 aliphatic rings. The molecule has 2 aromatic rings. The Morgan fingerprint density at radius 3 is 2.36 bits per heavy atom. The molecule has 7 nitrogen and oxygen atoms in total. The minimum Gasteiger partial charge on any atom is -0.299 e. The molecule has 0 unspecified atom stereocenters. The van der Waals surface area contributed by atoms with Gasteiger partial charge in [-0.1, -0.05) is 23.7 Å². The van der Waals surface area contributed by atoms with Crippen LogP contribution in [0.4, 0.5) is 11.4 Å². The number of amides is 1. The Balaban J connectivity index is 1.80. The van der Waals surface area contributed by atoms with Crippen LogP contribution in [0.2, 0.25) is 5.02 Å². The first-order valence-electron chi connectivity index (χ1n) is 6.99. The highest BCUT2D eigenvalue weighted by Gasteiger charge is 2.04. The van der Waals surface area contributed by atoms with Gasteiger partial charge in [0.15, 0.2) is 5.11 Å². The smallest absolute Gasteiger partial charge is 0.269 e. The van der Waals surface area contributed by atoms with Crippen LogP contribution in [0, 0.1) is 10.1 Å². The van der Waals surface area contributed by atoms with Gasteiger partial charge in [0, 0.05) is 23.2 Å². The van der Waals surface area contributed by atoms with E-state index in [1.165, 1.54) is 30.3 Å². The molecular formula is C16H13ClN4O3S. The molecule has 9 heteroatoms. The Labute approximate surface area is 153 Å². The van der Waals surface area contributed by atoms with Gasteiger partial charge in [0.1, 0.15) is 0 Å². The molecule has 1 amide bonds. The lowest BCUT2D eigenvalue weighted by molar-refractivity contribution is -0.384. The molecule has 128 valence electrons. The van der Waals surface area contributed by atoms with E-state index in [1.807, 2.05) is 0 Å². The van der Waals surface area contributed by atoms with E-state index in [9.17, 15) is 14.9 Å². The third-order valence-electron chi connectivity index (χ3n) is 2.93. The predicted molar refractivity (Wildman–Crippen MR) is 101 cm³/mol. The van der Waals surface area contributed by atoms with Gasteiger partial charge in [-0.2, -0.15) is 0 Å². The monoisotopic (exact) mass is 376 g/mol. The van der Waals surface area contributed by atoms with Crippen LogP contribution >= 0.6 is 23.8 Å². The average Bonchev–Trinajstić information content (AvgIpc) is 2.60. The van der Waals surface area contributed by atoms with Crippen LogP contribution in [-0.2, 0) is 4.79 Å². The van der Waals surface area contributed by atoms with Gasteiger partial charge in [-0.3, -0.25) is 31.1 Å². The molecule has 0 fully saturated rings. The van der Waals surface area contributed by atoms with Crippen LogP contribution in [0.5, 0.6) is 0 Å². The van der Waals surface area contributed by atoms with Gasteiger partial charge in [0.05, 0.1) is 10.6 Å². The molecule has 0 atom stereocenters. The van der Waals surface area contributed by atoms with Gasteiger partial charge >= 0.3 is 0 Å². The number of nitrogens with zero attached hydrogens (tertiary/aromatic N) is 1. The molecule has 3 N–H and O–H groups in total. The second-order valence-electron chi connectivity index (χ2n) is 4.76. The van der Waals surface area contributed by atoms with Gasteiger partial charge in [-0.15, -0.1) is 0 Å². The number of hydrogen-bond donors (Lipinski definition) is 3. The first-order valence-corrected chi connectivity index (χ1v) is 7.78. The van der Waals surface area contributed by atoms with Crippen molar-refractivity contribution < 1.29 is 9.72 Å². The van der Waals surface area contributed by atoms with E-state index < -0.39 is 10.8 Å². The van der Waals surface area contributed by atoms with Crippen molar-refractivity contribution in [2.75, 3.05) is 5.43 Å². The number of anilines is 1. The van der Waals surface area contributed by atoms with Crippen molar-refractivity contribution in [3.8, 4) is 0 Å². The SMILES string of the molecule is O=C(/C=C/c1ccc(Cl)cc1)NC(=S)NNc1ccc([N+](=O)[O-])cc1. The van der Waals surface area contributed by atoms with Gasteiger partial charge in [-0.05, 0) is 48.1 Å². The number of nitro benzene ring substituents is 1. The second-order valence-corrected chi connectivity index (χ2v) is 5.60. The molecular weight excluding hydrogens is 364 g/mol. The fourth-order valence-electron chi connectivity index (χ4n) is 1.73. The van der Waals surface area contributed by atoms with E-state index in [0.717, 1.165) is 5.56 Å².